The number of carbonyl (C=O) groups is 1. The zero-order valence-electron chi connectivity index (χ0n) is 22.3. The molecule has 3 rings (SSSR count). The van der Waals surface area contributed by atoms with Gasteiger partial charge in [-0.05, 0) is 72.3 Å². The van der Waals surface area contributed by atoms with Gasteiger partial charge in [0.2, 0.25) is 0 Å². The number of benzene rings is 2. The van der Waals surface area contributed by atoms with Crippen molar-refractivity contribution in [2.75, 3.05) is 0 Å². The fraction of sp³-hybridized carbons (Fsp3) is 0.594. The van der Waals surface area contributed by atoms with E-state index in [1.807, 2.05) is 6.07 Å². The number of aryl methyl sites for hydroxylation is 3. The quantitative estimate of drug-likeness (QED) is 0.159. The molecule has 0 radical (unpaired) electrons. The molecule has 1 atom stereocenters. The lowest BCUT2D eigenvalue weighted by Crippen LogP contribution is -2.14. The largest absolute Gasteiger partial charge is 0.425 e. The Morgan fingerprint density at radius 2 is 1.29 bits per heavy atom. The highest BCUT2D eigenvalue weighted by Crippen LogP contribution is 2.41. The van der Waals surface area contributed by atoms with Gasteiger partial charge in [-0.3, -0.25) is 4.79 Å². The molecule has 0 aromatic heterocycles. The van der Waals surface area contributed by atoms with Gasteiger partial charge in [0.05, 0.1) is 0 Å². The summed E-state index contributed by atoms with van der Waals surface area (Å²) in [5, 5.41) is 0. The van der Waals surface area contributed by atoms with E-state index < -0.39 is 0 Å². The van der Waals surface area contributed by atoms with E-state index in [9.17, 15) is 4.79 Å². The van der Waals surface area contributed by atoms with Gasteiger partial charge in [0.1, 0.15) is 11.7 Å². The van der Waals surface area contributed by atoms with Gasteiger partial charge in [0.25, 0.3) is 0 Å². The van der Waals surface area contributed by atoms with E-state index in [1.54, 1.807) is 0 Å². The van der Waals surface area contributed by atoms with Crippen molar-refractivity contribution < 1.29 is 9.53 Å². The number of carbonyl (C=O) groups excluding carboxylic acids is 1. The topological polar surface area (TPSA) is 26.3 Å². The van der Waals surface area contributed by atoms with Crippen molar-refractivity contribution in [3.63, 3.8) is 0 Å². The molecule has 1 heterocycles. The van der Waals surface area contributed by atoms with Gasteiger partial charge in [0, 0.05) is 5.56 Å². The van der Waals surface area contributed by atoms with Crippen LogP contribution < -0.4 is 4.74 Å². The number of fused-ring (bicyclic) bond motifs is 1. The maximum atomic E-state index is 13.0. The van der Waals surface area contributed by atoms with Crippen molar-refractivity contribution in [1.29, 1.82) is 0 Å². The van der Waals surface area contributed by atoms with Crippen LogP contribution in [-0.4, -0.2) is 5.97 Å². The number of rotatable bonds is 14. The SMILES string of the molecule is CCc1ccc(CCCCCC(C)C)cc1C1C(=O)Oc2ccc(CCCCCC(C)C)cc21. The highest BCUT2D eigenvalue weighted by molar-refractivity contribution is 5.90. The van der Waals surface area contributed by atoms with Crippen LogP contribution >= 0.6 is 0 Å². The smallest absolute Gasteiger partial charge is 0.323 e. The molecule has 0 saturated heterocycles. The highest BCUT2D eigenvalue weighted by atomic mass is 16.5. The number of hydrogen-bond acceptors (Lipinski definition) is 2. The Morgan fingerprint density at radius 1 is 0.735 bits per heavy atom. The predicted octanol–water partition coefficient (Wildman–Crippen LogP) is 8.82. The first-order valence-electron chi connectivity index (χ1n) is 13.8. The second-order valence-electron chi connectivity index (χ2n) is 11.1. The minimum Gasteiger partial charge on any atom is -0.425 e. The van der Waals surface area contributed by atoms with Crippen LogP contribution in [0.15, 0.2) is 36.4 Å². The Balaban J connectivity index is 1.72. The Morgan fingerprint density at radius 3 is 1.85 bits per heavy atom. The van der Waals surface area contributed by atoms with Gasteiger partial charge < -0.3 is 4.74 Å². The molecular formula is C32H46O2. The monoisotopic (exact) mass is 462 g/mol. The van der Waals surface area contributed by atoms with Crippen LogP contribution in [0.25, 0.3) is 0 Å². The van der Waals surface area contributed by atoms with Crippen molar-refractivity contribution >= 4 is 5.97 Å². The molecule has 1 unspecified atom stereocenters. The Bertz CT molecular complexity index is 925. The molecule has 34 heavy (non-hydrogen) atoms. The molecule has 0 fully saturated rings. The summed E-state index contributed by atoms with van der Waals surface area (Å²) in [7, 11) is 0. The van der Waals surface area contributed by atoms with Gasteiger partial charge in [-0.15, -0.1) is 0 Å². The van der Waals surface area contributed by atoms with Crippen LogP contribution in [0.1, 0.15) is 120 Å². The molecule has 2 aromatic carbocycles. The first-order chi connectivity index (χ1) is 16.4. The second-order valence-corrected chi connectivity index (χ2v) is 11.1. The minimum atomic E-state index is -0.285. The third-order valence-corrected chi connectivity index (χ3v) is 7.23. The van der Waals surface area contributed by atoms with Crippen LogP contribution in [0, 0.1) is 11.8 Å². The van der Waals surface area contributed by atoms with Crippen LogP contribution in [0.2, 0.25) is 0 Å². The molecule has 2 nitrogen and oxygen atoms in total. The summed E-state index contributed by atoms with van der Waals surface area (Å²) >= 11 is 0. The summed E-state index contributed by atoms with van der Waals surface area (Å²) in [5.41, 5.74) is 6.15. The zero-order valence-corrected chi connectivity index (χ0v) is 22.3. The van der Waals surface area contributed by atoms with E-state index in [1.165, 1.54) is 68.1 Å². The average Bonchev–Trinajstić information content (AvgIpc) is 3.13. The lowest BCUT2D eigenvalue weighted by atomic mass is 9.85. The van der Waals surface area contributed by atoms with E-state index in [-0.39, 0.29) is 11.9 Å². The third kappa shape index (κ3) is 7.45. The summed E-state index contributed by atoms with van der Waals surface area (Å²) in [4.78, 5) is 13.0. The Labute approximate surface area is 208 Å². The number of ether oxygens (including phenoxy) is 1. The van der Waals surface area contributed by atoms with Crippen LogP contribution in [-0.2, 0) is 24.1 Å². The zero-order chi connectivity index (χ0) is 24.5. The number of esters is 1. The van der Waals surface area contributed by atoms with E-state index in [4.69, 9.17) is 4.74 Å². The Hall–Kier alpha value is -2.09. The Kier molecular flexibility index (Phi) is 10.2. The van der Waals surface area contributed by atoms with Crippen molar-refractivity contribution in [1.82, 2.24) is 0 Å². The molecule has 0 amide bonds. The molecule has 2 heteroatoms. The van der Waals surface area contributed by atoms with E-state index in [0.717, 1.165) is 48.0 Å². The van der Waals surface area contributed by atoms with Gasteiger partial charge in [-0.2, -0.15) is 0 Å². The standard InChI is InChI=1S/C32H46O2/c1-6-27-19-17-25(15-11-7-9-13-23(2)3)21-28(27)31-29-22-26(16-12-8-10-14-24(4)5)18-20-30(29)34-32(31)33/h17-24,31H,6-16H2,1-5H3. The van der Waals surface area contributed by atoms with Crippen LogP contribution in [0.4, 0.5) is 0 Å². The van der Waals surface area contributed by atoms with Crippen molar-refractivity contribution in [3.8, 4) is 5.75 Å². The number of unbranched alkanes of at least 4 members (excludes halogenated alkanes) is 4. The normalized spacial score (nSPS) is 15.3. The highest BCUT2D eigenvalue weighted by Gasteiger charge is 2.36. The van der Waals surface area contributed by atoms with Crippen LogP contribution in [0.5, 0.6) is 5.75 Å². The van der Waals surface area contributed by atoms with E-state index in [0.29, 0.717) is 0 Å². The molecule has 1 aliphatic heterocycles. The van der Waals surface area contributed by atoms with Crippen molar-refractivity contribution in [3.05, 3.63) is 64.2 Å². The third-order valence-electron chi connectivity index (χ3n) is 7.23. The molecule has 0 spiro atoms. The maximum Gasteiger partial charge on any atom is 0.323 e. The summed E-state index contributed by atoms with van der Waals surface area (Å²) in [6.45, 7) is 11.4. The van der Waals surface area contributed by atoms with Gasteiger partial charge >= 0.3 is 5.97 Å². The molecule has 186 valence electrons. The van der Waals surface area contributed by atoms with Crippen LogP contribution in [0.3, 0.4) is 0 Å². The molecule has 0 aliphatic carbocycles. The summed E-state index contributed by atoms with van der Waals surface area (Å²) < 4.78 is 5.73. The van der Waals surface area contributed by atoms with Gasteiger partial charge in [-0.25, -0.2) is 0 Å². The minimum absolute atomic E-state index is 0.118. The molecule has 0 saturated carbocycles. The average molecular weight is 463 g/mol. The summed E-state index contributed by atoms with van der Waals surface area (Å²) in [6.07, 6.45) is 13.3. The second kappa shape index (κ2) is 13.1. The summed E-state index contributed by atoms with van der Waals surface area (Å²) in [5.74, 6) is 1.92. The first kappa shape index (κ1) is 26.5. The van der Waals surface area contributed by atoms with Gasteiger partial charge in [-0.1, -0.05) is 103 Å². The molecule has 1 aliphatic rings. The fourth-order valence-corrected chi connectivity index (χ4v) is 5.17. The number of hydrogen-bond donors (Lipinski definition) is 0. The maximum absolute atomic E-state index is 13.0. The summed E-state index contributed by atoms with van der Waals surface area (Å²) in [6, 6.07) is 13.2. The predicted molar refractivity (Wildman–Crippen MR) is 144 cm³/mol. The fourth-order valence-electron chi connectivity index (χ4n) is 5.17. The molecule has 0 N–H and O–H groups in total. The molecular weight excluding hydrogens is 416 g/mol. The van der Waals surface area contributed by atoms with E-state index in [2.05, 4.69) is 65.0 Å². The van der Waals surface area contributed by atoms with Crippen molar-refractivity contribution in [2.24, 2.45) is 11.8 Å². The van der Waals surface area contributed by atoms with E-state index >= 15 is 0 Å². The first-order valence-corrected chi connectivity index (χ1v) is 13.8. The lowest BCUT2D eigenvalue weighted by molar-refractivity contribution is -0.133. The molecule has 0 bridgehead atoms. The van der Waals surface area contributed by atoms with Gasteiger partial charge in [0.15, 0.2) is 0 Å². The lowest BCUT2D eigenvalue weighted by Gasteiger charge is -2.16. The van der Waals surface area contributed by atoms with Crippen molar-refractivity contribution in [2.45, 2.75) is 111 Å². The molecule has 2 aromatic rings.